The zero-order chi connectivity index (χ0) is 6.62. The zero-order valence-electron chi connectivity index (χ0n) is 5.26. The van der Waals surface area contributed by atoms with Crippen LogP contribution in [-0.4, -0.2) is 17.0 Å². The van der Waals surface area contributed by atoms with Crippen molar-refractivity contribution in [2.45, 2.75) is 6.92 Å². The van der Waals surface area contributed by atoms with E-state index in [-0.39, 0.29) is 0 Å². The normalized spacial score (nSPS) is 16.8. The summed E-state index contributed by atoms with van der Waals surface area (Å²) in [6, 6.07) is 0. The van der Waals surface area contributed by atoms with Crippen molar-refractivity contribution >= 4 is 9.73 Å². The molecule has 1 atom stereocenters. The Morgan fingerprint density at radius 1 is 1.88 bits per heavy atom. The van der Waals surface area contributed by atoms with Crippen molar-refractivity contribution in [3.05, 3.63) is 12.0 Å². The summed E-state index contributed by atoms with van der Waals surface area (Å²) in [7, 11) is -0.465. The van der Waals surface area contributed by atoms with Gasteiger partial charge in [-0.05, 0) is 0 Å². The highest BCUT2D eigenvalue weighted by molar-refractivity contribution is 7.96. The first-order valence-corrected chi connectivity index (χ1v) is 4.18. The van der Waals surface area contributed by atoms with Crippen LogP contribution in [0.25, 0.3) is 0 Å². The summed E-state index contributed by atoms with van der Waals surface area (Å²) in [5.74, 6) is 0.562. The number of hydrogen-bond acceptors (Lipinski definition) is 2. The summed E-state index contributed by atoms with van der Waals surface area (Å²) in [4.78, 5) is 0. The zero-order valence-corrected chi connectivity index (χ0v) is 6.07. The quantitative estimate of drug-likeness (QED) is 0.557. The minimum atomic E-state index is -2.01. The fourth-order valence-electron chi connectivity index (χ4n) is 0.321. The van der Waals surface area contributed by atoms with Crippen LogP contribution in [0.2, 0.25) is 0 Å². The predicted octanol–water partition coefficient (Wildman–Crippen LogP) is 1.25. The van der Waals surface area contributed by atoms with E-state index < -0.39 is 9.73 Å². The molecule has 0 rings (SSSR count). The molecule has 0 aromatic carbocycles. The first kappa shape index (κ1) is 7.69. The molecule has 0 aliphatic heterocycles. The molecular weight excluding hydrogens is 122 g/mol. The van der Waals surface area contributed by atoms with Crippen LogP contribution in [0.3, 0.4) is 0 Å². The molecule has 0 heterocycles. The molecule has 0 aromatic heterocycles. The van der Waals surface area contributed by atoms with E-state index in [1.54, 1.807) is 7.05 Å². The maximum atomic E-state index is 11.0. The Bertz CT molecular complexity index is 177. The van der Waals surface area contributed by atoms with E-state index >= 15 is 0 Å². The van der Waals surface area contributed by atoms with E-state index in [9.17, 15) is 4.21 Å². The Balaban J connectivity index is 4.51. The summed E-state index contributed by atoms with van der Waals surface area (Å²) in [5.41, 5.74) is 0. The van der Waals surface area contributed by atoms with Gasteiger partial charge in [-0.25, -0.2) is 8.57 Å². The third kappa shape index (κ3) is 1.66. The van der Waals surface area contributed by atoms with Crippen molar-refractivity contribution in [3.8, 4) is 0 Å². The van der Waals surface area contributed by atoms with Crippen molar-refractivity contribution < 1.29 is 4.21 Å². The van der Waals surface area contributed by atoms with E-state index in [1.165, 1.54) is 5.41 Å². The maximum Gasteiger partial charge on any atom is 0.0672 e. The number of nitrogens with zero attached hydrogens (tertiary/aromatic N) is 1. The average Bonchev–Trinajstić information content (AvgIpc) is 1.87. The summed E-state index contributed by atoms with van der Waals surface area (Å²) in [6.07, 6.45) is 0. The van der Waals surface area contributed by atoms with Crippen molar-refractivity contribution in [2.75, 3.05) is 12.8 Å². The number of hydrogen-bond donors (Lipinski definition) is 0. The summed E-state index contributed by atoms with van der Waals surface area (Å²) in [5, 5.41) is 1.41. The maximum absolute atomic E-state index is 11.0. The van der Waals surface area contributed by atoms with Crippen LogP contribution in [0.5, 0.6) is 0 Å². The lowest BCUT2D eigenvalue weighted by Gasteiger charge is -1.94. The summed E-state index contributed by atoms with van der Waals surface area (Å²) >= 11 is 0. The molecule has 0 bridgehead atoms. The van der Waals surface area contributed by atoms with Crippen LogP contribution in [0.4, 0.5) is 0 Å². The van der Waals surface area contributed by atoms with Gasteiger partial charge in [-0.2, -0.15) is 0 Å². The van der Waals surface area contributed by atoms with E-state index in [0.717, 1.165) is 0 Å². The van der Waals surface area contributed by atoms with Gasteiger partial charge in [-0.15, -0.1) is 0 Å². The van der Waals surface area contributed by atoms with E-state index in [2.05, 4.69) is 10.9 Å². The van der Waals surface area contributed by atoms with Gasteiger partial charge in [0.1, 0.15) is 0 Å². The molecule has 0 spiro atoms. The molecule has 0 aliphatic rings. The summed E-state index contributed by atoms with van der Waals surface area (Å²) < 4.78 is 14.7. The van der Waals surface area contributed by atoms with Crippen LogP contribution < -0.4 is 0 Å². The van der Waals surface area contributed by atoms with Gasteiger partial charge in [0.25, 0.3) is 0 Å². The van der Waals surface area contributed by atoms with Crippen molar-refractivity contribution in [1.29, 1.82) is 0 Å². The number of rotatable bonds is 2. The van der Waals surface area contributed by atoms with Gasteiger partial charge in [0.15, 0.2) is 0 Å². The topological polar surface area (TPSA) is 29.4 Å². The molecular formula is C5H11NOS. The van der Waals surface area contributed by atoms with E-state index in [4.69, 9.17) is 0 Å². The molecule has 0 N–H and O–H groups in total. The first-order chi connectivity index (χ1) is 3.68. The highest BCUT2D eigenvalue weighted by Crippen LogP contribution is 1.93. The average molecular weight is 133 g/mol. The van der Waals surface area contributed by atoms with Gasteiger partial charge in [-0.3, -0.25) is 0 Å². The van der Waals surface area contributed by atoms with Gasteiger partial charge in [0, 0.05) is 18.2 Å². The van der Waals surface area contributed by atoms with Crippen molar-refractivity contribution in [1.82, 2.24) is 0 Å². The lowest BCUT2D eigenvalue weighted by molar-refractivity contribution is 0.682. The smallest absolute Gasteiger partial charge is 0.0672 e. The van der Waals surface area contributed by atoms with Crippen LogP contribution in [0.15, 0.2) is 16.3 Å². The third-order valence-electron chi connectivity index (χ3n) is 0.983. The predicted molar refractivity (Wildman–Crippen MR) is 37.2 cm³/mol. The molecule has 0 aliphatic carbocycles. The molecule has 8 heavy (non-hydrogen) atoms. The Kier molecular flexibility index (Phi) is 2.76. The Morgan fingerprint density at radius 2 is 2.38 bits per heavy atom. The summed E-state index contributed by atoms with van der Waals surface area (Å²) in [6.45, 7) is 5.24. The lowest BCUT2D eigenvalue weighted by Crippen LogP contribution is -1.95. The Morgan fingerprint density at radius 3 is 2.38 bits per heavy atom. The molecule has 1 unspecified atom stereocenters. The molecule has 0 fully saturated rings. The molecule has 0 saturated heterocycles. The van der Waals surface area contributed by atoms with Gasteiger partial charge < -0.3 is 0 Å². The molecule has 2 nitrogen and oxygen atoms in total. The molecule has 48 valence electrons. The fraction of sp³-hybridized carbons (Fsp3) is 0.600. The highest BCUT2D eigenvalue weighted by atomic mass is 32.2. The minimum absolute atomic E-state index is 0.562. The van der Waals surface area contributed by atoms with Crippen molar-refractivity contribution in [3.63, 3.8) is 0 Å². The standard InChI is InChI=1S/C5H11NOS/c1-4-8(7,5-2)6-3/h4H,1,5H2,2-3H3. The SMILES string of the molecule is C=CS(=O)(CC)=NC. The first-order valence-electron chi connectivity index (χ1n) is 2.44. The highest BCUT2D eigenvalue weighted by Gasteiger charge is 1.93. The Hall–Kier alpha value is -0.310. The van der Waals surface area contributed by atoms with E-state index in [0.29, 0.717) is 5.75 Å². The van der Waals surface area contributed by atoms with Crippen LogP contribution in [0, 0.1) is 0 Å². The molecule has 3 heteroatoms. The molecule has 0 aromatic rings. The van der Waals surface area contributed by atoms with E-state index in [1.807, 2.05) is 6.92 Å². The second-order valence-electron chi connectivity index (χ2n) is 1.33. The van der Waals surface area contributed by atoms with Crippen LogP contribution in [0.1, 0.15) is 6.92 Å². The monoisotopic (exact) mass is 133 g/mol. The second kappa shape index (κ2) is 2.87. The third-order valence-corrected chi connectivity index (χ3v) is 2.95. The second-order valence-corrected chi connectivity index (χ2v) is 3.98. The van der Waals surface area contributed by atoms with Gasteiger partial charge in [0.2, 0.25) is 0 Å². The Labute approximate surface area is 50.8 Å². The minimum Gasteiger partial charge on any atom is -0.245 e. The molecule has 0 radical (unpaired) electrons. The van der Waals surface area contributed by atoms with Crippen molar-refractivity contribution in [2.24, 2.45) is 4.36 Å². The van der Waals surface area contributed by atoms with Gasteiger partial charge >= 0.3 is 0 Å². The molecule has 0 saturated carbocycles. The fourth-order valence-corrected chi connectivity index (χ4v) is 0.964. The lowest BCUT2D eigenvalue weighted by atomic mass is 11.0. The largest absolute Gasteiger partial charge is 0.245 e. The molecule has 0 amide bonds. The van der Waals surface area contributed by atoms with Gasteiger partial charge in [0.05, 0.1) is 9.73 Å². The van der Waals surface area contributed by atoms with Gasteiger partial charge in [-0.1, -0.05) is 13.5 Å². The van der Waals surface area contributed by atoms with Crippen LogP contribution >= 0.6 is 0 Å². The van der Waals surface area contributed by atoms with Crippen LogP contribution in [-0.2, 0) is 9.73 Å².